The topological polar surface area (TPSA) is 72.8 Å². The van der Waals surface area contributed by atoms with Gasteiger partial charge in [0, 0.05) is 37.5 Å². The summed E-state index contributed by atoms with van der Waals surface area (Å²) in [5, 5.41) is 22.2. The molecule has 0 aromatic carbocycles. The van der Waals surface area contributed by atoms with Crippen LogP contribution in [-0.4, -0.2) is 59.4 Å². The molecule has 1 heterocycles. The molecule has 0 bridgehead atoms. The van der Waals surface area contributed by atoms with Crippen molar-refractivity contribution in [2.75, 3.05) is 26.2 Å². The van der Waals surface area contributed by atoms with Crippen molar-refractivity contribution in [3.05, 3.63) is 0 Å². The van der Waals surface area contributed by atoms with E-state index in [1.165, 1.54) is 0 Å². The van der Waals surface area contributed by atoms with Crippen LogP contribution in [-0.2, 0) is 4.79 Å². The van der Waals surface area contributed by atoms with Crippen molar-refractivity contribution < 1.29 is 15.0 Å². The van der Waals surface area contributed by atoms with Gasteiger partial charge < -0.3 is 20.4 Å². The second-order valence-electron chi connectivity index (χ2n) is 5.74. The Morgan fingerprint density at radius 2 is 2.11 bits per heavy atom. The van der Waals surface area contributed by atoms with Gasteiger partial charge in [-0.1, -0.05) is 20.8 Å². The SMILES string of the molecule is CCC(O)C1CC(NCCO)CN(C(=O)C(C)C)C1. The van der Waals surface area contributed by atoms with Crippen LogP contribution in [0.3, 0.4) is 0 Å². The van der Waals surface area contributed by atoms with E-state index in [-0.39, 0.29) is 36.5 Å². The molecule has 1 rings (SSSR count). The first kappa shape index (κ1) is 16.4. The van der Waals surface area contributed by atoms with Gasteiger partial charge in [0.05, 0.1) is 12.7 Å². The Labute approximate surface area is 116 Å². The number of rotatable bonds is 6. The summed E-state index contributed by atoms with van der Waals surface area (Å²) in [5.74, 6) is 0.248. The number of nitrogens with one attached hydrogen (secondary N) is 1. The summed E-state index contributed by atoms with van der Waals surface area (Å²) in [6, 6.07) is 0.162. The number of aliphatic hydroxyl groups is 2. The normalized spacial score (nSPS) is 25.7. The second kappa shape index (κ2) is 7.82. The minimum atomic E-state index is -0.360. The molecule has 0 aromatic rings. The van der Waals surface area contributed by atoms with Gasteiger partial charge in [-0.3, -0.25) is 4.79 Å². The van der Waals surface area contributed by atoms with Crippen LogP contribution in [0, 0.1) is 11.8 Å². The molecule has 0 aromatic heterocycles. The highest BCUT2D eigenvalue weighted by atomic mass is 16.3. The number of piperidine rings is 1. The number of aliphatic hydroxyl groups excluding tert-OH is 2. The fourth-order valence-electron chi connectivity index (χ4n) is 2.71. The molecule has 5 nitrogen and oxygen atoms in total. The molecule has 0 spiro atoms. The Morgan fingerprint density at radius 3 is 2.63 bits per heavy atom. The summed E-state index contributed by atoms with van der Waals surface area (Å²) in [4.78, 5) is 14.0. The fourth-order valence-corrected chi connectivity index (χ4v) is 2.71. The van der Waals surface area contributed by atoms with E-state index in [4.69, 9.17) is 5.11 Å². The zero-order chi connectivity index (χ0) is 14.4. The molecule has 1 aliphatic rings. The van der Waals surface area contributed by atoms with Crippen LogP contribution >= 0.6 is 0 Å². The molecule has 0 aliphatic carbocycles. The highest BCUT2D eigenvalue weighted by molar-refractivity contribution is 5.78. The Balaban J connectivity index is 2.68. The van der Waals surface area contributed by atoms with Crippen molar-refractivity contribution in [2.45, 2.75) is 45.8 Å². The molecule has 1 aliphatic heterocycles. The number of likely N-dealkylation sites (tertiary alicyclic amines) is 1. The van der Waals surface area contributed by atoms with Crippen molar-refractivity contribution in [1.29, 1.82) is 0 Å². The van der Waals surface area contributed by atoms with Gasteiger partial charge in [0.25, 0.3) is 0 Å². The van der Waals surface area contributed by atoms with Crippen LogP contribution in [0.4, 0.5) is 0 Å². The predicted molar refractivity (Wildman–Crippen MR) is 74.7 cm³/mol. The first-order chi connectivity index (χ1) is 8.99. The summed E-state index contributed by atoms with van der Waals surface area (Å²) in [5.41, 5.74) is 0. The van der Waals surface area contributed by atoms with E-state index in [1.807, 2.05) is 25.7 Å². The van der Waals surface area contributed by atoms with E-state index < -0.39 is 0 Å². The number of hydrogen-bond acceptors (Lipinski definition) is 4. The average Bonchev–Trinajstić information content (AvgIpc) is 2.42. The van der Waals surface area contributed by atoms with Gasteiger partial charge >= 0.3 is 0 Å². The van der Waals surface area contributed by atoms with E-state index in [9.17, 15) is 9.90 Å². The molecule has 1 fully saturated rings. The predicted octanol–water partition coefficient (Wildman–Crippen LogP) is 0.212. The summed E-state index contributed by atoms with van der Waals surface area (Å²) in [6.07, 6.45) is 1.21. The molecule has 0 radical (unpaired) electrons. The lowest BCUT2D eigenvalue weighted by Gasteiger charge is -2.40. The molecule has 19 heavy (non-hydrogen) atoms. The van der Waals surface area contributed by atoms with Crippen molar-refractivity contribution in [3.8, 4) is 0 Å². The quantitative estimate of drug-likeness (QED) is 0.646. The highest BCUT2D eigenvalue weighted by Crippen LogP contribution is 2.23. The molecule has 3 unspecified atom stereocenters. The zero-order valence-corrected chi connectivity index (χ0v) is 12.3. The van der Waals surface area contributed by atoms with Crippen molar-refractivity contribution in [3.63, 3.8) is 0 Å². The zero-order valence-electron chi connectivity index (χ0n) is 12.3. The number of nitrogens with zero attached hydrogens (tertiary/aromatic N) is 1. The van der Waals surface area contributed by atoms with Gasteiger partial charge in [0.15, 0.2) is 0 Å². The van der Waals surface area contributed by atoms with Crippen LogP contribution < -0.4 is 5.32 Å². The lowest BCUT2D eigenvalue weighted by Crippen LogP contribution is -2.54. The maximum Gasteiger partial charge on any atom is 0.225 e. The molecule has 5 heteroatoms. The highest BCUT2D eigenvalue weighted by Gasteiger charge is 2.33. The van der Waals surface area contributed by atoms with E-state index in [1.54, 1.807) is 0 Å². The van der Waals surface area contributed by atoms with Crippen LogP contribution in [0.2, 0.25) is 0 Å². The molecule has 3 atom stereocenters. The Kier molecular flexibility index (Phi) is 6.75. The second-order valence-corrected chi connectivity index (χ2v) is 5.74. The molecule has 112 valence electrons. The average molecular weight is 272 g/mol. The summed E-state index contributed by atoms with van der Waals surface area (Å²) in [7, 11) is 0. The molecular formula is C14H28N2O3. The van der Waals surface area contributed by atoms with Gasteiger partial charge in [-0.25, -0.2) is 0 Å². The number of amides is 1. The number of carbonyl (C=O) groups is 1. The van der Waals surface area contributed by atoms with Gasteiger partial charge in [0.1, 0.15) is 0 Å². The molecular weight excluding hydrogens is 244 g/mol. The Hall–Kier alpha value is -0.650. The number of carbonyl (C=O) groups excluding carboxylic acids is 1. The van der Waals surface area contributed by atoms with Crippen molar-refractivity contribution in [2.24, 2.45) is 11.8 Å². The largest absolute Gasteiger partial charge is 0.395 e. The summed E-state index contributed by atoms with van der Waals surface area (Å²) >= 11 is 0. The molecule has 1 saturated heterocycles. The minimum Gasteiger partial charge on any atom is -0.395 e. The van der Waals surface area contributed by atoms with E-state index >= 15 is 0 Å². The smallest absolute Gasteiger partial charge is 0.225 e. The third-order valence-electron chi connectivity index (χ3n) is 3.80. The van der Waals surface area contributed by atoms with Crippen LogP contribution in [0.25, 0.3) is 0 Å². The lowest BCUT2D eigenvalue weighted by atomic mass is 9.88. The molecule has 3 N–H and O–H groups in total. The van der Waals surface area contributed by atoms with Gasteiger partial charge in [-0.05, 0) is 12.8 Å². The van der Waals surface area contributed by atoms with E-state index in [0.717, 1.165) is 6.42 Å². The Morgan fingerprint density at radius 1 is 1.42 bits per heavy atom. The standard InChI is InChI=1S/C14H28N2O3/c1-4-13(18)11-7-12(15-5-6-17)9-16(8-11)14(19)10(2)3/h10-13,15,17-18H,4-9H2,1-3H3. The summed E-state index contributed by atoms with van der Waals surface area (Å²) < 4.78 is 0. The Bertz CT molecular complexity index is 284. The third-order valence-corrected chi connectivity index (χ3v) is 3.80. The van der Waals surface area contributed by atoms with Crippen molar-refractivity contribution >= 4 is 5.91 Å². The monoisotopic (exact) mass is 272 g/mol. The van der Waals surface area contributed by atoms with Crippen LogP contribution in [0.15, 0.2) is 0 Å². The lowest BCUT2D eigenvalue weighted by molar-refractivity contribution is -0.138. The first-order valence-electron chi connectivity index (χ1n) is 7.30. The first-order valence-corrected chi connectivity index (χ1v) is 7.30. The molecule has 1 amide bonds. The summed E-state index contributed by atoms with van der Waals surface area (Å²) in [6.45, 7) is 7.70. The fraction of sp³-hybridized carbons (Fsp3) is 0.929. The van der Waals surface area contributed by atoms with Crippen molar-refractivity contribution in [1.82, 2.24) is 10.2 Å². The van der Waals surface area contributed by atoms with E-state index in [0.29, 0.717) is 26.1 Å². The van der Waals surface area contributed by atoms with Crippen LogP contribution in [0.5, 0.6) is 0 Å². The maximum atomic E-state index is 12.1. The van der Waals surface area contributed by atoms with Crippen LogP contribution in [0.1, 0.15) is 33.6 Å². The molecule has 0 saturated carbocycles. The third kappa shape index (κ3) is 4.75. The van der Waals surface area contributed by atoms with Gasteiger partial charge in [-0.2, -0.15) is 0 Å². The van der Waals surface area contributed by atoms with Gasteiger partial charge in [-0.15, -0.1) is 0 Å². The van der Waals surface area contributed by atoms with E-state index in [2.05, 4.69) is 5.32 Å². The van der Waals surface area contributed by atoms with Gasteiger partial charge in [0.2, 0.25) is 5.91 Å². The minimum absolute atomic E-state index is 0.0176. The maximum absolute atomic E-state index is 12.1. The number of hydrogen-bond donors (Lipinski definition) is 3.